The predicted molar refractivity (Wildman–Crippen MR) is 99.4 cm³/mol. The molecule has 0 unspecified atom stereocenters. The highest BCUT2D eigenvalue weighted by molar-refractivity contribution is 7.95. The Morgan fingerprint density at radius 2 is 1.85 bits per heavy atom. The summed E-state index contributed by atoms with van der Waals surface area (Å²) < 4.78 is 53.7. The first-order chi connectivity index (χ1) is 12.0. The maximum Gasteiger partial charge on any atom is 0.326 e. The Morgan fingerprint density at radius 3 is 2.50 bits per heavy atom. The van der Waals surface area contributed by atoms with E-state index < -0.39 is 20.2 Å². The second kappa shape index (κ2) is 6.10. The molecule has 13 heteroatoms. The highest BCUT2D eigenvalue weighted by atomic mass is 32.2. The third-order valence-electron chi connectivity index (χ3n) is 3.63. The standard InChI is InChI=1S/C13H15N5O5S3/c1-8(19)15-13-14-7-12(24-13)25(20,21)16-9-4-5-10-11(6-9)18(3)26(22,23)17(10)2/h4-7,16H,1-3H3,(H,14,15,19). The van der Waals surface area contributed by atoms with Crippen LogP contribution in [-0.2, 0) is 25.0 Å². The van der Waals surface area contributed by atoms with Crippen molar-refractivity contribution in [3.05, 3.63) is 24.4 Å². The largest absolute Gasteiger partial charge is 0.326 e. The van der Waals surface area contributed by atoms with Gasteiger partial charge < -0.3 is 5.32 Å². The summed E-state index contributed by atoms with van der Waals surface area (Å²) in [5.41, 5.74) is 1.01. The fourth-order valence-corrected chi connectivity index (χ4v) is 5.63. The number of carbonyl (C=O) groups is 1. The van der Waals surface area contributed by atoms with Gasteiger partial charge >= 0.3 is 10.2 Å². The molecule has 140 valence electrons. The number of hydrogen-bond acceptors (Lipinski definition) is 7. The molecule has 0 saturated carbocycles. The Bertz CT molecular complexity index is 1090. The minimum absolute atomic E-state index is 0.0835. The van der Waals surface area contributed by atoms with E-state index in [-0.39, 0.29) is 20.9 Å². The summed E-state index contributed by atoms with van der Waals surface area (Å²) in [6.45, 7) is 1.29. The fourth-order valence-electron chi connectivity index (χ4n) is 2.34. The molecule has 1 aliphatic rings. The van der Waals surface area contributed by atoms with E-state index >= 15 is 0 Å². The zero-order valence-corrected chi connectivity index (χ0v) is 16.4. The molecule has 1 aliphatic heterocycles. The molecule has 3 rings (SSSR count). The van der Waals surface area contributed by atoms with Crippen LogP contribution < -0.4 is 18.6 Å². The number of amides is 1. The van der Waals surface area contributed by atoms with Gasteiger partial charge in [-0.2, -0.15) is 8.42 Å². The number of sulfonamides is 1. The van der Waals surface area contributed by atoms with Gasteiger partial charge in [-0.05, 0) is 18.2 Å². The lowest BCUT2D eigenvalue weighted by Crippen LogP contribution is -2.32. The van der Waals surface area contributed by atoms with Crippen LogP contribution in [0.15, 0.2) is 28.6 Å². The predicted octanol–water partition coefficient (Wildman–Crippen LogP) is 1.03. The average molecular weight is 417 g/mol. The van der Waals surface area contributed by atoms with E-state index in [0.29, 0.717) is 11.4 Å². The van der Waals surface area contributed by atoms with Crippen LogP contribution in [0.1, 0.15) is 6.92 Å². The summed E-state index contributed by atoms with van der Waals surface area (Å²) in [6.07, 6.45) is 1.13. The molecule has 2 heterocycles. The molecule has 0 saturated heterocycles. The van der Waals surface area contributed by atoms with E-state index in [9.17, 15) is 21.6 Å². The van der Waals surface area contributed by atoms with Gasteiger partial charge in [-0.1, -0.05) is 11.3 Å². The number of nitrogens with one attached hydrogen (secondary N) is 2. The zero-order chi connectivity index (χ0) is 19.3. The normalized spacial score (nSPS) is 15.7. The van der Waals surface area contributed by atoms with Gasteiger partial charge in [0.05, 0.1) is 23.3 Å². The molecule has 10 nitrogen and oxygen atoms in total. The van der Waals surface area contributed by atoms with Crippen LogP contribution >= 0.6 is 11.3 Å². The highest BCUT2D eigenvalue weighted by Gasteiger charge is 2.35. The van der Waals surface area contributed by atoms with E-state index in [1.54, 1.807) is 0 Å². The van der Waals surface area contributed by atoms with Crippen molar-refractivity contribution in [1.82, 2.24) is 4.98 Å². The van der Waals surface area contributed by atoms with Crippen LogP contribution in [0.4, 0.5) is 22.2 Å². The first kappa shape index (κ1) is 18.4. The molecule has 26 heavy (non-hydrogen) atoms. The molecule has 0 bridgehead atoms. The maximum atomic E-state index is 12.5. The molecule has 1 aromatic heterocycles. The monoisotopic (exact) mass is 417 g/mol. The van der Waals surface area contributed by atoms with Crippen molar-refractivity contribution < 1.29 is 21.6 Å². The van der Waals surface area contributed by atoms with Gasteiger partial charge in [-0.25, -0.2) is 13.4 Å². The van der Waals surface area contributed by atoms with Gasteiger partial charge in [-0.3, -0.25) is 18.1 Å². The van der Waals surface area contributed by atoms with E-state index in [0.717, 1.165) is 26.1 Å². The number of carbonyl (C=O) groups excluding carboxylic acids is 1. The Morgan fingerprint density at radius 1 is 1.19 bits per heavy atom. The van der Waals surface area contributed by atoms with Gasteiger partial charge in [-0.15, -0.1) is 0 Å². The minimum Gasteiger partial charge on any atom is -0.302 e. The van der Waals surface area contributed by atoms with Crippen molar-refractivity contribution in [1.29, 1.82) is 0 Å². The molecule has 1 aromatic carbocycles. The Balaban J connectivity index is 1.89. The van der Waals surface area contributed by atoms with E-state index in [2.05, 4.69) is 15.0 Å². The average Bonchev–Trinajstić information content (AvgIpc) is 3.06. The number of benzene rings is 1. The third kappa shape index (κ3) is 3.08. The fraction of sp³-hybridized carbons (Fsp3) is 0.231. The van der Waals surface area contributed by atoms with E-state index in [4.69, 9.17) is 0 Å². The Kier molecular flexibility index (Phi) is 4.32. The second-order valence-corrected chi connectivity index (χ2v) is 10.3. The van der Waals surface area contributed by atoms with Crippen molar-refractivity contribution in [2.24, 2.45) is 0 Å². The quantitative estimate of drug-likeness (QED) is 0.765. The topological polar surface area (TPSA) is 129 Å². The Labute approximate surface area is 154 Å². The molecule has 0 radical (unpaired) electrons. The lowest BCUT2D eigenvalue weighted by Gasteiger charge is -2.13. The summed E-state index contributed by atoms with van der Waals surface area (Å²) in [5, 5.41) is 2.58. The number of aromatic nitrogens is 1. The maximum absolute atomic E-state index is 12.5. The van der Waals surface area contributed by atoms with Gasteiger partial charge in [0, 0.05) is 21.0 Å². The van der Waals surface area contributed by atoms with Crippen LogP contribution in [0.25, 0.3) is 0 Å². The van der Waals surface area contributed by atoms with Crippen LogP contribution in [0.3, 0.4) is 0 Å². The number of hydrogen-bond donors (Lipinski definition) is 2. The van der Waals surface area contributed by atoms with Gasteiger partial charge in [0.25, 0.3) is 10.0 Å². The number of anilines is 4. The molecule has 2 N–H and O–H groups in total. The second-order valence-electron chi connectivity index (χ2n) is 5.42. The molecule has 0 atom stereocenters. The van der Waals surface area contributed by atoms with Crippen molar-refractivity contribution in [3.63, 3.8) is 0 Å². The number of nitrogens with zero attached hydrogens (tertiary/aromatic N) is 3. The Hall–Kier alpha value is -2.38. The third-order valence-corrected chi connectivity index (χ3v) is 8.16. The lowest BCUT2D eigenvalue weighted by molar-refractivity contribution is -0.114. The number of fused-ring (bicyclic) bond motifs is 1. The van der Waals surface area contributed by atoms with Crippen molar-refractivity contribution in [3.8, 4) is 0 Å². The molecular weight excluding hydrogens is 402 g/mol. The molecule has 0 spiro atoms. The summed E-state index contributed by atoms with van der Waals surface area (Å²) >= 11 is 0.805. The minimum atomic E-state index is -3.93. The first-order valence-corrected chi connectivity index (χ1v) is 10.8. The number of thiazole rings is 1. The summed E-state index contributed by atoms with van der Waals surface area (Å²) in [4.78, 5) is 14.9. The van der Waals surface area contributed by atoms with Crippen molar-refractivity contribution >= 4 is 59.7 Å². The molecular formula is C13H15N5O5S3. The molecule has 2 aromatic rings. The van der Waals surface area contributed by atoms with Crippen LogP contribution in [0, 0.1) is 0 Å². The number of rotatable bonds is 4. The van der Waals surface area contributed by atoms with E-state index in [1.807, 2.05) is 0 Å². The van der Waals surface area contributed by atoms with Gasteiger partial charge in [0.1, 0.15) is 0 Å². The lowest BCUT2D eigenvalue weighted by atomic mass is 10.2. The first-order valence-electron chi connectivity index (χ1n) is 7.15. The smallest absolute Gasteiger partial charge is 0.302 e. The molecule has 1 amide bonds. The van der Waals surface area contributed by atoms with Gasteiger partial charge in [0.15, 0.2) is 9.34 Å². The molecule has 0 fully saturated rings. The highest BCUT2D eigenvalue weighted by Crippen LogP contribution is 2.40. The van der Waals surface area contributed by atoms with Crippen LogP contribution in [0.5, 0.6) is 0 Å². The summed E-state index contributed by atoms with van der Waals surface area (Å²) in [7, 11) is -4.77. The summed E-state index contributed by atoms with van der Waals surface area (Å²) in [6, 6.07) is 4.42. The molecule has 0 aliphatic carbocycles. The van der Waals surface area contributed by atoms with Crippen molar-refractivity contribution in [2.45, 2.75) is 11.1 Å². The van der Waals surface area contributed by atoms with Gasteiger partial charge in [0.2, 0.25) is 5.91 Å². The zero-order valence-electron chi connectivity index (χ0n) is 13.9. The summed E-state index contributed by atoms with van der Waals surface area (Å²) in [5.74, 6) is -0.358. The van der Waals surface area contributed by atoms with Crippen molar-refractivity contribution in [2.75, 3.05) is 32.7 Å². The van der Waals surface area contributed by atoms with Crippen LogP contribution in [-0.4, -0.2) is 41.8 Å². The van der Waals surface area contributed by atoms with Crippen LogP contribution in [0.2, 0.25) is 0 Å². The SMILES string of the molecule is CC(=O)Nc1ncc(S(=O)(=O)Nc2ccc3c(c2)N(C)S(=O)(=O)N3C)s1. The van der Waals surface area contributed by atoms with E-state index in [1.165, 1.54) is 39.2 Å².